The lowest BCUT2D eigenvalue weighted by molar-refractivity contribution is -0.128. The molecule has 118 valence electrons. The SMILES string of the molecule is CCC(=O)C(O)[C@H](CC(C)(C)C)NC(=O)OC(C)(C)C. The molecule has 0 aliphatic rings. The summed E-state index contributed by atoms with van der Waals surface area (Å²) in [7, 11) is 0. The highest BCUT2D eigenvalue weighted by Gasteiger charge is 2.31. The predicted octanol–water partition coefficient (Wildman–Crippen LogP) is 2.66. The van der Waals surface area contributed by atoms with E-state index in [4.69, 9.17) is 4.74 Å². The lowest BCUT2D eigenvalue weighted by atomic mass is 9.85. The third-order valence-electron chi connectivity index (χ3n) is 2.59. The molecule has 0 aliphatic heterocycles. The fourth-order valence-electron chi connectivity index (χ4n) is 1.79. The minimum absolute atomic E-state index is 0.130. The molecule has 0 spiro atoms. The minimum Gasteiger partial charge on any atom is -0.444 e. The van der Waals surface area contributed by atoms with Crippen molar-refractivity contribution in [3.8, 4) is 0 Å². The molecule has 1 unspecified atom stereocenters. The summed E-state index contributed by atoms with van der Waals surface area (Å²) in [6.45, 7) is 12.9. The summed E-state index contributed by atoms with van der Waals surface area (Å²) in [4.78, 5) is 23.5. The van der Waals surface area contributed by atoms with Gasteiger partial charge in [-0.3, -0.25) is 4.79 Å². The molecule has 0 aromatic carbocycles. The Morgan fingerprint density at radius 1 is 1.15 bits per heavy atom. The number of aliphatic hydroxyl groups excluding tert-OH is 1. The van der Waals surface area contributed by atoms with Crippen molar-refractivity contribution in [1.29, 1.82) is 0 Å². The molecule has 2 N–H and O–H groups in total. The molecule has 0 saturated carbocycles. The number of amides is 1. The third-order valence-corrected chi connectivity index (χ3v) is 2.59. The molecule has 0 bridgehead atoms. The van der Waals surface area contributed by atoms with Crippen LogP contribution in [0.25, 0.3) is 0 Å². The van der Waals surface area contributed by atoms with Crippen molar-refractivity contribution >= 4 is 11.9 Å². The first-order valence-electron chi connectivity index (χ1n) is 7.06. The summed E-state index contributed by atoms with van der Waals surface area (Å²) in [5, 5.41) is 12.7. The number of rotatable bonds is 5. The van der Waals surface area contributed by atoms with Crippen LogP contribution < -0.4 is 5.32 Å². The van der Waals surface area contributed by atoms with Crippen molar-refractivity contribution in [3.05, 3.63) is 0 Å². The topological polar surface area (TPSA) is 75.6 Å². The number of alkyl carbamates (subject to hydrolysis) is 1. The Kier molecular flexibility index (Phi) is 6.68. The standard InChI is InChI=1S/C15H29NO4/c1-8-11(17)12(18)10(9-14(2,3)4)16-13(19)20-15(5,6)7/h10,12,18H,8-9H2,1-7H3,(H,16,19)/t10-,12?/m0/s1. The quantitative estimate of drug-likeness (QED) is 0.815. The molecule has 20 heavy (non-hydrogen) atoms. The number of aliphatic hydroxyl groups is 1. The van der Waals surface area contributed by atoms with Crippen LogP contribution in [0.3, 0.4) is 0 Å². The molecule has 2 atom stereocenters. The molecule has 0 aromatic rings. The Morgan fingerprint density at radius 2 is 1.65 bits per heavy atom. The van der Waals surface area contributed by atoms with Crippen molar-refractivity contribution in [2.24, 2.45) is 5.41 Å². The number of hydrogen-bond acceptors (Lipinski definition) is 4. The van der Waals surface area contributed by atoms with E-state index in [1.807, 2.05) is 20.8 Å². The molecule has 1 amide bonds. The molecular weight excluding hydrogens is 258 g/mol. The molecular formula is C15H29NO4. The van der Waals surface area contributed by atoms with Crippen LogP contribution in [0.5, 0.6) is 0 Å². The lowest BCUT2D eigenvalue weighted by Gasteiger charge is -2.30. The van der Waals surface area contributed by atoms with Gasteiger partial charge >= 0.3 is 6.09 Å². The van der Waals surface area contributed by atoms with Gasteiger partial charge in [-0.05, 0) is 32.6 Å². The number of carbonyl (C=O) groups is 2. The van der Waals surface area contributed by atoms with Crippen LogP contribution in [0.2, 0.25) is 0 Å². The van der Waals surface area contributed by atoms with Crippen LogP contribution in [0.4, 0.5) is 4.79 Å². The van der Waals surface area contributed by atoms with E-state index in [2.05, 4.69) is 5.32 Å². The summed E-state index contributed by atoms with van der Waals surface area (Å²) in [5.74, 6) is -0.282. The molecule has 0 saturated heterocycles. The van der Waals surface area contributed by atoms with E-state index in [1.54, 1.807) is 27.7 Å². The van der Waals surface area contributed by atoms with Gasteiger partial charge in [0.25, 0.3) is 0 Å². The monoisotopic (exact) mass is 287 g/mol. The molecule has 0 fully saturated rings. The maximum Gasteiger partial charge on any atom is 0.407 e. The highest BCUT2D eigenvalue weighted by molar-refractivity contribution is 5.84. The fraction of sp³-hybridized carbons (Fsp3) is 0.867. The maximum atomic E-state index is 11.8. The van der Waals surface area contributed by atoms with E-state index < -0.39 is 23.8 Å². The third kappa shape index (κ3) is 8.15. The van der Waals surface area contributed by atoms with E-state index >= 15 is 0 Å². The molecule has 0 aromatic heterocycles. The molecule has 0 rings (SSSR count). The average molecular weight is 287 g/mol. The van der Waals surface area contributed by atoms with Crippen LogP contribution in [0.15, 0.2) is 0 Å². The zero-order valence-corrected chi connectivity index (χ0v) is 13.7. The first-order valence-corrected chi connectivity index (χ1v) is 7.06. The van der Waals surface area contributed by atoms with E-state index in [1.165, 1.54) is 0 Å². The number of ketones is 1. The molecule has 5 nitrogen and oxygen atoms in total. The van der Waals surface area contributed by atoms with Crippen LogP contribution in [0, 0.1) is 5.41 Å². The van der Waals surface area contributed by atoms with Crippen molar-refractivity contribution in [1.82, 2.24) is 5.32 Å². The minimum atomic E-state index is -1.20. The second-order valence-corrected chi connectivity index (χ2v) is 7.28. The van der Waals surface area contributed by atoms with Gasteiger partial charge in [0, 0.05) is 6.42 Å². The Balaban J connectivity index is 4.86. The van der Waals surface area contributed by atoms with E-state index in [-0.39, 0.29) is 17.6 Å². The van der Waals surface area contributed by atoms with Gasteiger partial charge in [0.05, 0.1) is 6.04 Å². The smallest absolute Gasteiger partial charge is 0.407 e. The first kappa shape index (κ1) is 18.9. The zero-order chi connectivity index (χ0) is 16.1. The Bertz CT molecular complexity index is 339. The summed E-state index contributed by atoms with van der Waals surface area (Å²) in [6.07, 6.45) is -1.10. The number of nitrogens with one attached hydrogen (secondary N) is 1. The maximum absolute atomic E-state index is 11.8. The van der Waals surface area contributed by atoms with Gasteiger partial charge in [0.15, 0.2) is 5.78 Å². The van der Waals surface area contributed by atoms with Gasteiger partial charge in [0.2, 0.25) is 0 Å². The van der Waals surface area contributed by atoms with Crippen LogP contribution >= 0.6 is 0 Å². The highest BCUT2D eigenvalue weighted by Crippen LogP contribution is 2.23. The summed E-state index contributed by atoms with van der Waals surface area (Å²) >= 11 is 0. The molecule has 0 radical (unpaired) electrons. The van der Waals surface area contributed by atoms with Crippen molar-refractivity contribution < 1.29 is 19.4 Å². The van der Waals surface area contributed by atoms with Gasteiger partial charge in [-0.25, -0.2) is 4.79 Å². The fourth-order valence-corrected chi connectivity index (χ4v) is 1.79. The van der Waals surface area contributed by atoms with E-state index in [9.17, 15) is 14.7 Å². The number of carbonyl (C=O) groups excluding carboxylic acids is 2. The van der Waals surface area contributed by atoms with Crippen LogP contribution in [-0.4, -0.2) is 34.7 Å². The Labute approximate surface area is 122 Å². The Hall–Kier alpha value is -1.10. The first-order chi connectivity index (χ1) is 8.85. The average Bonchev–Trinajstić information content (AvgIpc) is 2.21. The number of hydrogen-bond donors (Lipinski definition) is 2. The van der Waals surface area contributed by atoms with Crippen LogP contribution in [-0.2, 0) is 9.53 Å². The molecule has 0 aliphatic carbocycles. The largest absolute Gasteiger partial charge is 0.444 e. The van der Waals surface area contributed by atoms with Gasteiger partial charge in [0.1, 0.15) is 11.7 Å². The summed E-state index contributed by atoms with van der Waals surface area (Å²) in [6, 6.07) is -0.641. The second-order valence-electron chi connectivity index (χ2n) is 7.28. The summed E-state index contributed by atoms with van der Waals surface area (Å²) < 4.78 is 5.17. The van der Waals surface area contributed by atoms with Gasteiger partial charge in [-0.1, -0.05) is 27.7 Å². The van der Waals surface area contributed by atoms with E-state index in [0.29, 0.717) is 6.42 Å². The number of Topliss-reactive ketones (excluding diaryl/α,β-unsaturated/α-hetero) is 1. The highest BCUT2D eigenvalue weighted by atomic mass is 16.6. The van der Waals surface area contributed by atoms with Crippen molar-refractivity contribution in [2.45, 2.75) is 79.1 Å². The van der Waals surface area contributed by atoms with Gasteiger partial charge in [-0.15, -0.1) is 0 Å². The molecule has 5 heteroatoms. The van der Waals surface area contributed by atoms with Crippen molar-refractivity contribution in [3.63, 3.8) is 0 Å². The predicted molar refractivity (Wildman–Crippen MR) is 78.5 cm³/mol. The Morgan fingerprint density at radius 3 is 2.00 bits per heavy atom. The summed E-state index contributed by atoms with van der Waals surface area (Å²) in [5.41, 5.74) is -0.745. The van der Waals surface area contributed by atoms with Gasteiger partial charge in [-0.2, -0.15) is 0 Å². The molecule has 0 heterocycles. The van der Waals surface area contributed by atoms with Crippen LogP contribution in [0.1, 0.15) is 61.3 Å². The number of ether oxygens (including phenoxy) is 1. The lowest BCUT2D eigenvalue weighted by Crippen LogP contribution is -2.49. The normalized spacial score (nSPS) is 15.4. The van der Waals surface area contributed by atoms with Gasteiger partial charge < -0.3 is 15.2 Å². The zero-order valence-electron chi connectivity index (χ0n) is 13.7. The second kappa shape index (κ2) is 7.07. The van der Waals surface area contributed by atoms with E-state index in [0.717, 1.165) is 0 Å². The van der Waals surface area contributed by atoms with Crippen molar-refractivity contribution in [2.75, 3.05) is 0 Å².